The summed E-state index contributed by atoms with van der Waals surface area (Å²) in [5.41, 5.74) is 7.83. The highest BCUT2D eigenvalue weighted by molar-refractivity contribution is 7.80. The van der Waals surface area contributed by atoms with Gasteiger partial charge in [-0.25, -0.2) is 0 Å². The first-order valence-corrected chi connectivity index (χ1v) is 8.29. The Hall–Kier alpha value is -3.35. The number of hydrogen-bond acceptors (Lipinski definition) is 5. The van der Waals surface area contributed by atoms with Crippen molar-refractivity contribution in [1.82, 2.24) is 0 Å². The number of hydrogen-bond donors (Lipinski definition) is 1. The average molecular weight is 363 g/mol. The van der Waals surface area contributed by atoms with Crippen molar-refractivity contribution in [2.24, 2.45) is 5.73 Å². The Kier molecular flexibility index (Phi) is 6.73. The van der Waals surface area contributed by atoms with E-state index in [0.717, 1.165) is 11.1 Å². The van der Waals surface area contributed by atoms with Crippen LogP contribution in [0.25, 0.3) is 6.08 Å². The van der Waals surface area contributed by atoms with Crippen LogP contribution < -0.4 is 15.2 Å². The Balaban J connectivity index is 2.28. The van der Waals surface area contributed by atoms with E-state index in [4.69, 9.17) is 37.9 Å². The number of nitriles is 2. The zero-order chi connectivity index (χ0) is 18.9. The zero-order valence-corrected chi connectivity index (χ0v) is 15.0. The number of rotatable bonds is 7. The Morgan fingerprint density at radius 1 is 1.15 bits per heavy atom. The van der Waals surface area contributed by atoms with Gasteiger partial charge in [0.15, 0.2) is 11.5 Å². The fraction of sp³-hybridized carbons (Fsp3) is 0.150. The van der Waals surface area contributed by atoms with Crippen molar-refractivity contribution >= 4 is 23.3 Å². The fourth-order valence-corrected chi connectivity index (χ4v) is 2.34. The summed E-state index contributed by atoms with van der Waals surface area (Å²) in [6, 6.07) is 16.7. The summed E-state index contributed by atoms with van der Waals surface area (Å²) < 4.78 is 11.5. The lowest BCUT2D eigenvalue weighted by molar-refractivity contribution is 0.269. The highest BCUT2D eigenvalue weighted by Crippen LogP contribution is 2.30. The van der Waals surface area contributed by atoms with Gasteiger partial charge in [0.2, 0.25) is 0 Å². The van der Waals surface area contributed by atoms with Gasteiger partial charge in [-0.1, -0.05) is 36.5 Å². The highest BCUT2D eigenvalue weighted by atomic mass is 32.1. The summed E-state index contributed by atoms with van der Waals surface area (Å²) >= 11 is 4.85. The Morgan fingerprint density at radius 3 is 2.58 bits per heavy atom. The standard InChI is InChI=1S/C20H17N3O2S/c1-2-24-19-10-14(9-17(12-22)20(23)26)7-8-18(19)25-13-16-6-4-3-5-15(16)11-21/h3-10H,2,13H2,1H3,(H2,23,26)/b17-9+. The third kappa shape index (κ3) is 4.83. The molecule has 0 radical (unpaired) electrons. The molecule has 0 heterocycles. The zero-order valence-electron chi connectivity index (χ0n) is 14.2. The topological polar surface area (TPSA) is 92.1 Å². The fourth-order valence-electron chi connectivity index (χ4n) is 2.24. The van der Waals surface area contributed by atoms with Crippen molar-refractivity contribution in [2.45, 2.75) is 13.5 Å². The maximum Gasteiger partial charge on any atom is 0.161 e. The first-order chi connectivity index (χ1) is 12.6. The number of nitrogens with zero attached hydrogens (tertiary/aromatic N) is 2. The van der Waals surface area contributed by atoms with Crippen LogP contribution >= 0.6 is 12.2 Å². The van der Waals surface area contributed by atoms with Crippen molar-refractivity contribution in [3.63, 3.8) is 0 Å². The van der Waals surface area contributed by atoms with E-state index in [1.54, 1.807) is 30.3 Å². The summed E-state index contributed by atoms with van der Waals surface area (Å²) in [5.74, 6) is 1.08. The lowest BCUT2D eigenvalue weighted by atomic mass is 10.1. The molecule has 2 aromatic rings. The maximum atomic E-state index is 9.16. The van der Waals surface area contributed by atoms with Crippen LogP contribution in [0.2, 0.25) is 0 Å². The third-order valence-electron chi connectivity index (χ3n) is 3.49. The number of benzene rings is 2. The smallest absolute Gasteiger partial charge is 0.161 e. The number of ether oxygens (including phenoxy) is 2. The molecule has 0 saturated carbocycles. The van der Waals surface area contributed by atoms with E-state index in [1.807, 2.05) is 31.2 Å². The maximum absolute atomic E-state index is 9.16. The van der Waals surface area contributed by atoms with Crippen LogP contribution in [0.5, 0.6) is 11.5 Å². The molecule has 26 heavy (non-hydrogen) atoms. The van der Waals surface area contributed by atoms with Crippen molar-refractivity contribution in [2.75, 3.05) is 6.61 Å². The van der Waals surface area contributed by atoms with Gasteiger partial charge in [-0.3, -0.25) is 0 Å². The van der Waals surface area contributed by atoms with Crippen LogP contribution in [0.1, 0.15) is 23.6 Å². The molecule has 0 unspecified atom stereocenters. The van der Waals surface area contributed by atoms with E-state index in [9.17, 15) is 0 Å². The molecular weight excluding hydrogens is 346 g/mol. The van der Waals surface area contributed by atoms with Gasteiger partial charge in [-0.05, 0) is 36.8 Å². The SMILES string of the molecule is CCOc1cc(/C=C(\C#N)C(N)=S)ccc1OCc1ccccc1C#N. The Morgan fingerprint density at radius 2 is 1.92 bits per heavy atom. The molecule has 0 aliphatic carbocycles. The van der Waals surface area contributed by atoms with Gasteiger partial charge in [0.25, 0.3) is 0 Å². The van der Waals surface area contributed by atoms with Gasteiger partial charge in [0.1, 0.15) is 17.7 Å². The van der Waals surface area contributed by atoms with E-state index in [-0.39, 0.29) is 17.2 Å². The lowest BCUT2D eigenvalue weighted by Crippen LogP contribution is -2.09. The number of nitrogens with two attached hydrogens (primary N) is 1. The molecule has 0 fully saturated rings. The monoisotopic (exact) mass is 363 g/mol. The van der Waals surface area contributed by atoms with Crippen LogP contribution in [0.15, 0.2) is 48.0 Å². The van der Waals surface area contributed by atoms with Crippen LogP contribution in [-0.2, 0) is 6.61 Å². The summed E-state index contributed by atoms with van der Waals surface area (Å²) in [5, 5.41) is 18.2. The van der Waals surface area contributed by atoms with Crippen LogP contribution in [-0.4, -0.2) is 11.6 Å². The second-order valence-corrected chi connectivity index (χ2v) is 5.67. The Bertz CT molecular complexity index is 923. The van der Waals surface area contributed by atoms with Crippen LogP contribution in [0.4, 0.5) is 0 Å². The molecule has 5 nitrogen and oxygen atoms in total. The second-order valence-electron chi connectivity index (χ2n) is 5.23. The molecule has 2 rings (SSSR count). The molecule has 130 valence electrons. The molecule has 0 saturated heterocycles. The number of thiocarbonyl (C=S) groups is 1. The molecule has 0 aliphatic rings. The molecule has 2 aromatic carbocycles. The van der Waals surface area contributed by atoms with E-state index in [0.29, 0.717) is 23.7 Å². The third-order valence-corrected chi connectivity index (χ3v) is 3.71. The predicted octanol–water partition coefficient (Wildman–Crippen LogP) is 3.73. The van der Waals surface area contributed by atoms with Crippen molar-refractivity contribution in [1.29, 1.82) is 10.5 Å². The molecule has 0 atom stereocenters. The van der Waals surface area contributed by atoms with E-state index < -0.39 is 0 Å². The molecule has 0 aromatic heterocycles. The van der Waals surface area contributed by atoms with Crippen molar-refractivity contribution < 1.29 is 9.47 Å². The second kappa shape index (κ2) is 9.22. The van der Waals surface area contributed by atoms with Gasteiger partial charge in [-0.2, -0.15) is 10.5 Å². The van der Waals surface area contributed by atoms with Crippen molar-refractivity contribution in [3.8, 4) is 23.6 Å². The van der Waals surface area contributed by atoms with Gasteiger partial charge >= 0.3 is 0 Å². The molecule has 0 aliphatic heterocycles. The first kappa shape index (κ1) is 19.0. The van der Waals surface area contributed by atoms with E-state index >= 15 is 0 Å². The normalized spacial score (nSPS) is 10.5. The van der Waals surface area contributed by atoms with E-state index in [2.05, 4.69) is 6.07 Å². The van der Waals surface area contributed by atoms with Gasteiger partial charge in [-0.15, -0.1) is 0 Å². The minimum Gasteiger partial charge on any atom is -0.490 e. The summed E-state index contributed by atoms with van der Waals surface area (Å²) in [4.78, 5) is 0.0406. The minimum absolute atomic E-state index is 0.0406. The molecule has 6 heteroatoms. The molecule has 2 N–H and O–H groups in total. The average Bonchev–Trinajstić information content (AvgIpc) is 2.65. The summed E-state index contributed by atoms with van der Waals surface area (Å²) in [6.07, 6.45) is 1.60. The van der Waals surface area contributed by atoms with Crippen LogP contribution in [0.3, 0.4) is 0 Å². The van der Waals surface area contributed by atoms with E-state index in [1.165, 1.54) is 0 Å². The predicted molar refractivity (Wildman–Crippen MR) is 103 cm³/mol. The highest BCUT2D eigenvalue weighted by Gasteiger charge is 2.09. The largest absolute Gasteiger partial charge is 0.490 e. The molecule has 0 bridgehead atoms. The molecule has 0 spiro atoms. The van der Waals surface area contributed by atoms with Crippen LogP contribution in [0, 0.1) is 22.7 Å². The molecule has 0 amide bonds. The van der Waals surface area contributed by atoms with Crippen molar-refractivity contribution in [3.05, 3.63) is 64.7 Å². The summed E-state index contributed by atoms with van der Waals surface area (Å²) in [7, 11) is 0. The quantitative estimate of drug-likeness (QED) is 0.458. The molecular formula is C20H17N3O2S. The lowest BCUT2D eigenvalue weighted by Gasteiger charge is -2.13. The Labute approximate surface area is 157 Å². The first-order valence-electron chi connectivity index (χ1n) is 7.88. The minimum atomic E-state index is 0.0406. The van der Waals surface area contributed by atoms with Gasteiger partial charge in [0, 0.05) is 5.56 Å². The summed E-state index contributed by atoms with van der Waals surface area (Å²) in [6.45, 7) is 2.57. The van der Waals surface area contributed by atoms with Gasteiger partial charge < -0.3 is 15.2 Å². The van der Waals surface area contributed by atoms with Gasteiger partial charge in [0.05, 0.1) is 23.8 Å².